The summed E-state index contributed by atoms with van der Waals surface area (Å²) in [5, 5.41) is 12.8. The first-order valence-corrected chi connectivity index (χ1v) is 9.02. The number of aromatic carboxylic acids is 1. The molecule has 3 rings (SSSR count). The standard InChI is InChI=1S/C18H25N5O4/c1-18(2,3)27-17(26)23-6-4-11(5-7-23)8-20-16-21-9-12-13(15(24)25)10-19-14(12)22-16/h9-11H,4-8H2,1-3H3,(H,24,25)(H2,19,20,21,22). The SMILES string of the molecule is CC(C)(C)OC(=O)N1CCC(CNc2ncc3c(C(=O)O)c[nH]c3n2)CC1. The van der Waals surface area contributed by atoms with Crippen LogP contribution in [-0.4, -0.2) is 62.3 Å². The first-order chi connectivity index (χ1) is 12.7. The van der Waals surface area contributed by atoms with Crippen LogP contribution in [0.4, 0.5) is 10.7 Å². The predicted molar refractivity (Wildman–Crippen MR) is 99.9 cm³/mol. The maximum absolute atomic E-state index is 12.1. The average molecular weight is 375 g/mol. The predicted octanol–water partition coefficient (Wildman–Crippen LogP) is 2.72. The lowest BCUT2D eigenvalue weighted by Gasteiger charge is -2.33. The number of carboxylic acid groups (broad SMARTS) is 1. The summed E-state index contributed by atoms with van der Waals surface area (Å²) in [5.41, 5.74) is 0.166. The fourth-order valence-electron chi connectivity index (χ4n) is 3.05. The second-order valence-corrected chi connectivity index (χ2v) is 7.76. The third-order valence-electron chi connectivity index (χ3n) is 4.48. The molecule has 0 spiro atoms. The average Bonchev–Trinajstić information content (AvgIpc) is 3.02. The van der Waals surface area contributed by atoms with Crippen molar-refractivity contribution in [2.24, 2.45) is 5.92 Å². The van der Waals surface area contributed by atoms with Gasteiger partial charge in [-0.25, -0.2) is 14.6 Å². The molecule has 9 heteroatoms. The van der Waals surface area contributed by atoms with Gasteiger partial charge in [-0.05, 0) is 39.5 Å². The van der Waals surface area contributed by atoms with Crippen molar-refractivity contribution in [3.8, 4) is 0 Å². The minimum absolute atomic E-state index is 0.158. The number of piperidine rings is 1. The lowest BCUT2D eigenvalue weighted by molar-refractivity contribution is 0.0188. The molecule has 0 saturated carbocycles. The minimum Gasteiger partial charge on any atom is -0.478 e. The van der Waals surface area contributed by atoms with E-state index in [1.165, 1.54) is 12.4 Å². The molecule has 1 aliphatic rings. The van der Waals surface area contributed by atoms with E-state index in [1.54, 1.807) is 4.90 Å². The van der Waals surface area contributed by atoms with E-state index < -0.39 is 11.6 Å². The van der Waals surface area contributed by atoms with Crippen molar-refractivity contribution in [2.75, 3.05) is 25.0 Å². The number of H-pyrrole nitrogens is 1. The quantitative estimate of drug-likeness (QED) is 0.751. The van der Waals surface area contributed by atoms with Gasteiger partial charge in [-0.15, -0.1) is 0 Å². The van der Waals surface area contributed by atoms with E-state index in [2.05, 4.69) is 20.3 Å². The molecule has 1 aliphatic heterocycles. The topological polar surface area (TPSA) is 120 Å². The Labute approximate surface area is 157 Å². The molecule has 2 aromatic heterocycles. The number of carboxylic acids is 1. The number of aromatic nitrogens is 3. The third kappa shape index (κ3) is 4.66. The molecule has 1 fully saturated rings. The van der Waals surface area contributed by atoms with Crippen LogP contribution in [0.3, 0.4) is 0 Å². The van der Waals surface area contributed by atoms with Gasteiger partial charge in [0.05, 0.1) is 10.9 Å². The summed E-state index contributed by atoms with van der Waals surface area (Å²) in [6.07, 6.45) is 4.41. The minimum atomic E-state index is -1.01. The Morgan fingerprint density at radius 3 is 2.70 bits per heavy atom. The number of nitrogens with zero attached hydrogens (tertiary/aromatic N) is 3. The Hall–Kier alpha value is -2.84. The first-order valence-electron chi connectivity index (χ1n) is 9.02. The summed E-state index contributed by atoms with van der Waals surface area (Å²) in [6.45, 7) is 7.62. The van der Waals surface area contributed by atoms with Gasteiger partial charge in [0.2, 0.25) is 5.95 Å². The van der Waals surface area contributed by atoms with Crippen LogP contribution in [0.25, 0.3) is 11.0 Å². The number of fused-ring (bicyclic) bond motifs is 1. The zero-order valence-electron chi connectivity index (χ0n) is 15.8. The second kappa shape index (κ2) is 7.42. The van der Waals surface area contributed by atoms with Crippen LogP contribution >= 0.6 is 0 Å². The Bertz CT molecular complexity index is 834. The van der Waals surface area contributed by atoms with Crippen LogP contribution in [0.15, 0.2) is 12.4 Å². The molecule has 27 heavy (non-hydrogen) atoms. The largest absolute Gasteiger partial charge is 0.478 e. The zero-order chi connectivity index (χ0) is 19.6. The van der Waals surface area contributed by atoms with Gasteiger partial charge in [-0.1, -0.05) is 0 Å². The molecular formula is C18H25N5O4. The van der Waals surface area contributed by atoms with Crippen molar-refractivity contribution < 1.29 is 19.4 Å². The van der Waals surface area contributed by atoms with E-state index in [1.807, 2.05) is 20.8 Å². The molecule has 1 amide bonds. The van der Waals surface area contributed by atoms with Crippen LogP contribution in [0.1, 0.15) is 44.0 Å². The van der Waals surface area contributed by atoms with Gasteiger partial charge < -0.3 is 25.0 Å². The van der Waals surface area contributed by atoms with Gasteiger partial charge in [0.15, 0.2) is 0 Å². The summed E-state index contributed by atoms with van der Waals surface area (Å²) >= 11 is 0. The van der Waals surface area contributed by atoms with E-state index in [4.69, 9.17) is 9.84 Å². The van der Waals surface area contributed by atoms with Gasteiger partial charge in [-0.3, -0.25) is 0 Å². The van der Waals surface area contributed by atoms with Gasteiger partial charge in [0.1, 0.15) is 11.2 Å². The number of ether oxygens (including phenoxy) is 1. The fourth-order valence-corrected chi connectivity index (χ4v) is 3.05. The third-order valence-corrected chi connectivity index (χ3v) is 4.48. The molecule has 0 atom stereocenters. The van der Waals surface area contributed by atoms with Crippen molar-refractivity contribution in [1.29, 1.82) is 0 Å². The molecule has 3 N–H and O–H groups in total. The highest BCUT2D eigenvalue weighted by atomic mass is 16.6. The molecule has 1 saturated heterocycles. The first kappa shape index (κ1) is 18.9. The molecule has 0 bridgehead atoms. The number of likely N-dealkylation sites (tertiary alicyclic amines) is 1. The number of carbonyl (C=O) groups is 2. The summed E-state index contributed by atoms with van der Waals surface area (Å²) in [7, 11) is 0. The smallest absolute Gasteiger partial charge is 0.410 e. The fraction of sp³-hybridized carbons (Fsp3) is 0.556. The number of hydrogen-bond acceptors (Lipinski definition) is 6. The van der Waals surface area contributed by atoms with E-state index in [-0.39, 0.29) is 11.7 Å². The van der Waals surface area contributed by atoms with E-state index >= 15 is 0 Å². The van der Waals surface area contributed by atoms with Crippen molar-refractivity contribution in [2.45, 2.75) is 39.2 Å². The number of carbonyl (C=O) groups excluding carboxylic acids is 1. The molecule has 9 nitrogen and oxygen atoms in total. The molecule has 0 radical (unpaired) electrons. The van der Waals surface area contributed by atoms with E-state index in [9.17, 15) is 9.59 Å². The van der Waals surface area contributed by atoms with Gasteiger partial charge in [-0.2, -0.15) is 4.98 Å². The van der Waals surface area contributed by atoms with Crippen molar-refractivity contribution in [1.82, 2.24) is 19.9 Å². The van der Waals surface area contributed by atoms with Crippen LogP contribution in [-0.2, 0) is 4.74 Å². The highest BCUT2D eigenvalue weighted by Crippen LogP contribution is 2.21. The van der Waals surface area contributed by atoms with Crippen molar-refractivity contribution in [3.05, 3.63) is 18.0 Å². The molecular weight excluding hydrogens is 350 g/mol. The molecule has 0 unspecified atom stereocenters. The maximum atomic E-state index is 12.1. The summed E-state index contributed by atoms with van der Waals surface area (Å²) < 4.78 is 5.41. The van der Waals surface area contributed by atoms with Gasteiger partial charge >= 0.3 is 12.1 Å². The number of nitrogens with one attached hydrogen (secondary N) is 2. The van der Waals surface area contributed by atoms with Crippen LogP contribution in [0.5, 0.6) is 0 Å². The lowest BCUT2D eigenvalue weighted by Crippen LogP contribution is -2.42. The highest BCUT2D eigenvalue weighted by Gasteiger charge is 2.26. The second-order valence-electron chi connectivity index (χ2n) is 7.76. The Balaban J connectivity index is 1.51. The Kier molecular flexibility index (Phi) is 5.20. The normalized spacial score (nSPS) is 15.7. The van der Waals surface area contributed by atoms with Gasteiger partial charge in [0.25, 0.3) is 0 Å². The summed E-state index contributed by atoms with van der Waals surface area (Å²) in [6, 6.07) is 0. The monoisotopic (exact) mass is 375 g/mol. The van der Waals surface area contributed by atoms with Crippen LogP contribution in [0.2, 0.25) is 0 Å². The molecule has 3 heterocycles. The van der Waals surface area contributed by atoms with Crippen LogP contribution in [0, 0.1) is 5.92 Å². The maximum Gasteiger partial charge on any atom is 0.410 e. The van der Waals surface area contributed by atoms with Crippen molar-refractivity contribution in [3.63, 3.8) is 0 Å². The lowest BCUT2D eigenvalue weighted by atomic mass is 9.97. The number of anilines is 1. The zero-order valence-corrected chi connectivity index (χ0v) is 15.8. The highest BCUT2D eigenvalue weighted by molar-refractivity contribution is 6.01. The molecule has 2 aromatic rings. The number of amides is 1. The molecule has 0 aromatic carbocycles. The van der Waals surface area contributed by atoms with Crippen LogP contribution < -0.4 is 5.32 Å². The Morgan fingerprint density at radius 2 is 2.07 bits per heavy atom. The summed E-state index contributed by atoms with van der Waals surface area (Å²) in [5.74, 6) is -0.153. The van der Waals surface area contributed by atoms with Gasteiger partial charge in [0, 0.05) is 32.0 Å². The number of hydrogen-bond donors (Lipinski definition) is 3. The molecule has 0 aliphatic carbocycles. The molecule has 146 valence electrons. The summed E-state index contributed by atoms with van der Waals surface area (Å²) in [4.78, 5) is 36.3. The number of rotatable bonds is 4. The Morgan fingerprint density at radius 1 is 1.37 bits per heavy atom. The van der Waals surface area contributed by atoms with E-state index in [0.717, 1.165) is 12.8 Å². The van der Waals surface area contributed by atoms with Crippen molar-refractivity contribution >= 4 is 29.0 Å². The van der Waals surface area contributed by atoms with E-state index in [0.29, 0.717) is 42.5 Å². The number of aromatic amines is 1.